The molecular weight excluding hydrogens is 130 g/mol. The van der Waals surface area contributed by atoms with Crippen molar-refractivity contribution in [1.29, 1.82) is 0 Å². The SMILES string of the molecule is CCC(F)(P)C(=O)O. The standard InChI is InChI=1S/C4H8FO2P/c1-2-4(5,8)3(6)7/h2,8H2,1H3,(H,6,7). The molecule has 2 nitrogen and oxygen atoms in total. The van der Waals surface area contributed by atoms with E-state index in [2.05, 4.69) is 0 Å². The molecule has 0 bridgehead atoms. The smallest absolute Gasteiger partial charge is 0.345 e. The summed E-state index contributed by atoms with van der Waals surface area (Å²) >= 11 is 0. The van der Waals surface area contributed by atoms with E-state index in [1.54, 1.807) is 9.24 Å². The quantitative estimate of drug-likeness (QED) is 0.578. The molecule has 2 atom stereocenters. The maximum absolute atomic E-state index is 12.3. The summed E-state index contributed by atoms with van der Waals surface area (Å²) in [6.07, 6.45) is -0.0208. The third kappa shape index (κ3) is 1.74. The van der Waals surface area contributed by atoms with Crippen molar-refractivity contribution in [3.8, 4) is 0 Å². The molecule has 0 fully saturated rings. The number of hydrogen-bond acceptors (Lipinski definition) is 1. The molecule has 0 aliphatic rings. The first-order valence-electron chi connectivity index (χ1n) is 2.22. The lowest BCUT2D eigenvalue weighted by molar-refractivity contribution is -0.144. The number of carbonyl (C=O) groups is 1. The fourth-order valence-electron chi connectivity index (χ4n) is 0.151. The average molecular weight is 138 g/mol. The van der Waals surface area contributed by atoms with E-state index in [4.69, 9.17) is 5.11 Å². The summed E-state index contributed by atoms with van der Waals surface area (Å²) in [4.78, 5) is 9.86. The van der Waals surface area contributed by atoms with Crippen LogP contribution in [0.1, 0.15) is 13.3 Å². The fourth-order valence-corrected chi connectivity index (χ4v) is 0.151. The van der Waals surface area contributed by atoms with Gasteiger partial charge in [0, 0.05) is 0 Å². The van der Waals surface area contributed by atoms with E-state index in [1.165, 1.54) is 6.92 Å². The van der Waals surface area contributed by atoms with Gasteiger partial charge in [-0.1, -0.05) is 16.2 Å². The Bertz CT molecular complexity index is 102. The highest BCUT2D eigenvalue weighted by Crippen LogP contribution is 2.23. The predicted octanol–water partition coefficient (Wildman–Crippen LogP) is 1.02. The van der Waals surface area contributed by atoms with Crippen LogP contribution in [0.25, 0.3) is 0 Å². The third-order valence-electron chi connectivity index (χ3n) is 0.870. The Hall–Kier alpha value is -0.170. The van der Waals surface area contributed by atoms with Gasteiger partial charge < -0.3 is 5.11 Å². The van der Waals surface area contributed by atoms with Crippen LogP contribution in [0.3, 0.4) is 0 Å². The van der Waals surface area contributed by atoms with Crippen LogP contribution in [0, 0.1) is 0 Å². The normalized spacial score (nSPS) is 17.4. The van der Waals surface area contributed by atoms with Gasteiger partial charge in [0.25, 0.3) is 0 Å². The lowest BCUT2D eigenvalue weighted by atomic mass is 10.3. The zero-order chi connectivity index (χ0) is 6.78. The maximum Gasteiger partial charge on any atom is 0.345 e. The highest BCUT2D eigenvalue weighted by molar-refractivity contribution is 7.20. The molecule has 0 aromatic carbocycles. The van der Waals surface area contributed by atoms with Gasteiger partial charge in [-0.2, -0.15) is 0 Å². The van der Waals surface area contributed by atoms with Crippen molar-refractivity contribution in [1.82, 2.24) is 0 Å². The molecule has 0 saturated carbocycles. The molecule has 1 N–H and O–H groups in total. The van der Waals surface area contributed by atoms with E-state index < -0.39 is 11.4 Å². The summed E-state index contributed by atoms with van der Waals surface area (Å²) in [6, 6.07) is 0. The summed E-state index contributed by atoms with van der Waals surface area (Å²) in [6.45, 7) is 1.47. The first kappa shape index (κ1) is 7.83. The zero-order valence-electron chi connectivity index (χ0n) is 4.52. The van der Waals surface area contributed by atoms with Gasteiger partial charge in [0.2, 0.25) is 5.41 Å². The molecule has 0 amide bonds. The van der Waals surface area contributed by atoms with Crippen LogP contribution in [0.5, 0.6) is 0 Å². The predicted molar refractivity (Wildman–Crippen MR) is 31.5 cm³/mol. The average Bonchev–Trinajstić information content (AvgIpc) is 1.67. The van der Waals surface area contributed by atoms with Gasteiger partial charge in [0.05, 0.1) is 0 Å². The summed E-state index contributed by atoms with van der Waals surface area (Å²) in [7, 11) is 1.64. The molecule has 8 heavy (non-hydrogen) atoms. The van der Waals surface area contributed by atoms with Crippen LogP contribution in [-0.4, -0.2) is 16.5 Å². The number of carboxylic acids is 1. The topological polar surface area (TPSA) is 37.3 Å². The van der Waals surface area contributed by atoms with E-state index in [0.29, 0.717) is 0 Å². The number of rotatable bonds is 2. The van der Waals surface area contributed by atoms with Crippen LogP contribution in [0.2, 0.25) is 0 Å². The zero-order valence-corrected chi connectivity index (χ0v) is 5.67. The summed E-state index contributed by atoms with van der Waals surface area (Å²) in [5.74, 6) is -1.43. The highest BCUT2D eigenvalue weighted by atomic mass is 31.0. The van der Waals surface area contributed by atoms with E-state index in [-0.39, 0.29) is 6.42 Å². The Morgan fingerprint density at radius 3 is 2.38 bits per heavy atom. The molecule has 0 spiro atoms. The second-order valence-electron chi connectivity index (χ2n) is 1.52. The van der Waals surface area contributed by atoms with Crippen LogP contribution >= 0.6 is 9.24 Å². The Morgan fingerprint density at radius 1 is 2.00 bits per heavy atom. The number of aliphatic carboxylic acids is 1. The van der Waals surface area contributed by atoms with Gasteiger partial charge in [-0.15, -0.1) is 0 Å². The molecule has 0 rings (SSSR count). The molecule has 0 saturated heterocycles. The number of carboxylic acid groups (broad SMARTS) is 1. The van der Waals surface area contributed by atoms with Crippen LogP contribution in [0.4, 0.5) is 4.39 Å². The Labute approximate surface area is 49.3 Å². The Morgan fingerprint density at radius 2 is 2.38 bits per heavy atom. The molecule has 0 heterocycles. The van der Waals surface area contributed by atoms with Crippen molar-refractivity contribution in [2.24, 2.45) is 0 Å². The third-order valence-corrected chi connectivity index (χ3v) is 1.53. The molecule has 0 aliphatic heterocycles. The molecular formula is C4H8FO2P. The van der Waals surface area contributed by atoms with Crippen molar-refractivity contribution < 1.29 is 14.3 Å². The molecule has 0 radical (unpaired) electrons. The van der Waals surface area contributed by atoms with Crippen LogP contribution < -0.4 is 0 Å². The minimum atomic E-state index is -2.12. The van der Waals surface area contributed by atoms with Crippen molar-refractivity contribution in [2.45, 2.75) is 18.8 Å². The van der Waals surface area contributed by atoms with Gasteiger partial charge in [-0.3, -0.25) is 0 Å². The minimum Gasteiger partial charge on any atom is -0.479 e. The van der Waals surface area contributed by atoms with Gasteiger partial charge >= 0.3 is 5.97 Å². The van der Waals surface area contributed by atoms with Crippen molar-refractivity contribution >= 4 is 15.2 Å². The summed E-state index contributed by atoms with van der Waals surface area (Å²) in [5.41, 5.74) is 0. The van der Waals surface area contributed by atoms with Gasteiger partial charge in [-0.25, -0.2) is 9.18 Å². The molecule has 0 aromatic rings. The van der Waals surface area contributed by atoms with Crippen LogP contribution in [-0.2, 0) is 4.79 Å². The van der Waals surface area contributed by atoms with Crippen molar-refractivity contribution in [3.63, 3.8) is 0 Å². The number of hydrogen-bond donors (Lipinski definition) is 1. The Balaban J connectivity index is 3.91. The summed E-state index contributed by atoms with van der Waals surface area (Å²) in [5, 5.41) is 5.92. The first-order valence-corrected chi connectivity index (χ1v) is 2.79. The highest BCUT2D eigenvalue weighted by Gasteiger charge is 2.29. The van der Waals surface area contributed by atoms with Crippen LogP contribution in [0.15, 0.2) is 0 Å². The molecule has 0 aliphatic carbocycles. The molecule has 48 valence electrons. The monoisotopic (exact) mass is 138 g/mol. The second-order valence-corrected chi connectivity index (χ2v) is 2.44. The van der Waals surface area contributed by atoms with Gasteiger partial charge in [0.15, 0.2) is 0 Å². The van der Waals surface area contributed by atoms with E-state index in [1.807, 2.05) is 0 Å². The minimum absolute atomic E-state index is 0.0208. The molecule has 0 aromatic heterocycles. The number of halogens is 1. The van der Waals surface area contributed by atoms with E-state index in [9.17, 15) is 9.18 Å². The van der Waals surface area contributed by atoms with Crippen molar-refractivity contribution in [2.75, 3.05) is 0 Å². The summed E-state index contributed by atoms with van der Waals surface area (Å²) < 4.78 is 12.3. The molecule has 4 heteroatoms. The van der Waals surface area contributed by atoms with Gasteiger partial charge in [-0.05, 0) is 6.42 Å². The van der Waals surface area contributed by atoms with E-state index >= 15 is 0 Å². The fraction of sp³-hybridized carbons (Fsp3) is 0.750. The van der Waals surface area contributed by atoms with Gasteiger partial charge in [0.1, 0.15) is 0 Å². The maximum atomic E-state index is 12.3. The Kier molecular flexibility index (Phi) is 2.35. The number of alkyl halides is 1. The molecule has 2 unspecified atom stereocenters. The van der Waals surface area contributed by atoms with E-state index in [0.717, 1.165) is 0 Å². The lowest BCUT2D eigenvalue weighted by Gasteiger charge is -2.09. The first-order chi connectivity index (χ1) is 3.50. The van der Waals surface area contributed by atoms with Crippen molar-refractivity contribution in [3.05, 3.63) is 0 Å². The lowest BCUT2D eigenvalue weighted by Crippen LogP contribution is -2.24. The second kappa shape index (κ2) is 2.40. The largest absolute Gasteiger partial charge is 0.479 e.